The van der Waals surface area contributed by atoms with Crippen molar-refractivity contribution in [3.8, 4) is 5.75 Å². The van der Waals surface area contributed by atoms with Crippen molar-refractivity contribution in [2.75, 3.05) is 19.0 Å². The zero-order valence-electron chi connectivity index (χ0n) is 12.2. The highest BCUT2D eigenvalue weighted by Gasteiger charge is 2.43. The Morgan fingerprint density at radius 2 is 2.00 bits per heavy atom. The van der Waals surface area contributed by atoms with Gasteiger partial charge in [-0.1, -0.05) is 0 Å². The first kappa shape index (κ1) is 17.4. The van der Waals surface area contributed by atoms with Gasteiger partial charge in [0, 0.05) is 0 Å². The number of nitrogens with zero attached hydrogens (tertiary/aromatic N) is 1. The van der Waals surface area contributed by atoms with Gasteiger partial charge in [-0.15, -0.1) is 0 Å². The number of rotatable bonds is 5. The lowest BCUT2D eigenvalue weighted by Crippen LogP contribution is -2.60. The average molecular weight is 330 g/mol. The number of aliphatic hydroxyl groups excluding tert-OH is 4. The van der Waals surface area contributed by atoms with E-state index in [-0.39, 0.29) is 17.1 Å². The van der Waals surface area contributed by atoms with Gasteiger partial charge in [0.2, 0.25) is 0 Å². The van der Waals surface area contributed by atoms with Crippen LogP contribution >= 0.6 is 0 Å². The summed E-state index contributed by atoms with van der Waals surface area (Å²) in [5.74, 6) is 0.274. The van der Waals surface area contributed by atoms with Gasteiger partial charge in [-0.2, -0.15) is 0 Å². The van der Waals surface area contributed by atoms with Crippen molar-refractivity contribution < 1.29 is 34.8 Å². The minimum atomic E-state index is -1.57. The molecule has 128 valence electrons. The van der Waals surface area contributed by atoms with Gasteiger partial charge in [0.25, 0.3) is 5.69 Å². The molecule has 2 rings (SSSR count). The molecule has 1 aliphatic heterocycles. The summed E-state index contributed by atoms with van der Waals surface area (Å²) in [4.78, 5) is 10.5. The smallest absolute Gasteiger partial charge is 0.296 e. The van der Waals surface area contributed by atoms with Gasteiger partial charge in [0.15, 0.2) is 6.23 Å². The number of nitrogens with one attached hydrogen (secondary N) is 1. The Morgan fingerprint density at radius 3 is 2.57 bits per heavy atom. The number of aliphatic hydroxyl groups is 4. The first-order valence-electron chi connectivity index (χ1n) is 6.78. The number of ether oxygens (including phenoxy) is 2. The third-order valence-electron chi connectivity index (χ3n) is 3.59. The lowest BCUT2D eigenvalue weighted by Gasteiger charge is -2.40. The van der Waals surface area contributed by atoms with Crippen molar-refractivity contribution in [2.45, 2.75) is 30.6 Å². The summed E-state index contributed by atoms with van der Waals surface area (Å²) in [6.07, 6.45) is -6.98. The molecule has 23 heavy (non-hydrogen) atoms. The summed E-state index contributed by atoms with van der Waals surface area (Å²) < 4.78 is 10.2. The molecule has 1 fully saturated rings. The molecule has 0 amide bonds. The lowest BCUT2D eigenvalue weighted by atomic mass is 9.98. The van der Waals surface area contributed by atoms with Crippen LogP contribution in [0.25, 0.3) is 0 Å². The second-order valence-electron chi connectivity index (χ2n) is 5.03. The van der Waals surface area contributed by atoms with Crippen LogP contribution < -0.4 is 10.1 Å². The third kappa shape index (κ3) is 3.51. The molecule has 1 aromatic rings. The number of hydrogen-bond acceptors (Lipinski definition) is 9. The first-order valence-corrected chi connectivity index (χ1v) is 6.78. The molecule has 1 saturated heterocycles. The van der Waals surface area contributed by atoms with Crippen LogP contribution in [0.4, 0.5) is 11.4 Å². The van der Waals surface area contributed by atoms with Gasteiger partial charge in [-0.3, -0.25) is 10.1 Å². The maximum atomic E-state index is 11.1. The van der Waals surface area contributed by atoms with Crippen molar-refractivity contribution in [2.24, 2.45) is 0 Å². The topological polar surface area (TPSA) is 155 Å². The molecule has 10 nitrogen and oxygen atoms in total. The van der Waals surface area contributed by atoms with E-state index in [9.17, 15) is 25.4 Å². The van der Waals surface area contributed by atoms with Crippen molar-refractivity contribution in [1.29, 1.82) is 0 Å². The van der Waals surface area contributed by atoms with Gasteiger partial charge in [0.05, 0.1) is 24.7 Å². The van der Waals surface area contributed by atoms with E-state index >= 15 is 0 Å². The molecular formula is C13H18N2O8. The molecule has 5 N–H and O–H groups in total. The maximum absolute atomic E-state index is 11.1. The van der Waals surface area contributed by atoms with E-state index in [4.69, 9.17) is 14.6 Å². The molecule has 0 spiro atoms. The van der Waals surface area contributed by atoms with Crippen LogP contribution in [0, 0.1) is 10.1 Å². The van der Waals surface area contributed by atoms with E-state index < -0.39 is 42.2 Å². The Hall–Kier alpha value is -1.98. The Bertz CT molecular complexity index is 567. The van der Waals surface area contributed by atoms with E-state index in [1.54, 1.807) is 0 Å². The zero-order valence-corrected chi connectivity index (χ0v) is 12.2. The highest BCUT2D eigenvalue weighted by molar-refractivity contribution is 5.64. The lowest BCUT2D eigenvalue weighted by molar-refractivity contribution is -0.384. The predicted molar refractivity (Wildman–Crippen MR) is 77.0 cm³/mol. The summed E-state index contributed by atoms with van der Waals surface area (Å²) in [5, 5.41) is 52.2. The zero-order chi connectivity index (χ0) is 17.1. The van der Waals surface area contributed by atoms with E-state index in [1.165, 1.54) is 25.3 Å². The molecule has 0 aromatic heterocycles. The third-order valence-corrected chi connectivity index (χ3v) is 3.59. The SMILES string of the molecule is COc1ccc(N[C@H]2O[C@@H](CO)[C@@H](O)[C@@H](O)[C@@H]2O)c([N+](=O)[O-])c1. The van der Waals surface area contributed by atoms with Crippen LogP contribution in [0.2, 0.25) is 0 Å². The molecule has 1 aromatic carbocycles. The van der Waals surface area contributed by atoms with E-state index in [1.807, 2.05) is 0 Å². The fourth-order valence-electron chi connectivity index (χ4n) is 2.29. The highest BCUT2D eigenvalue weighted by atomic mass is 16.6. The minimum Gasteiger partial charge on any atom is -0.496 e. The van der Waals surface area contributed by atoms with Crippen LogP contribution in [0.3, 0.4) is 0 Å². The number of nitro groups is 1. The number of benzene rings is 1. The Balaban J connectivity index is 2.25. The predicted octanol–water partition coefficient (Wildman–Crippen LogP) is -1.18. The standard InChI is InChI=1S/C13H18N2O8/c1-22-6-2-3-7(8(4-6)15(20)21)14-13-12(19)11(18)10(17)9(5-16)23-13/h2-4,9-14,16-19H,5H2,1H3/t9-,10+,11+,12-,13-/m0/s1. The molecule has 0 bridgehead atoms. The molecule has 1 aliphatic rings. The van der Waals surface area contributed by atoms with Gasteiger partial charge in [-0.05, 0) is 12.1 Å². The molecule has 10 heteroatoms. The second kappa shape index (κ2) is 7.06. The number of anilines is 1. The van der Waals surface area contributed by atoms with Crippen molar-refractivity contribution in [3.63, 3.8) is 0 Å². The molecule has 0 saturated carbocycles. The van der Waals surface area contributed by atoms with Crippen LogP contribution in [0.15, 0.2) is 18.2 Å². The Morgan fingerprint density at radius 1 is 1.30 bits per heavy atom. The molecule has 0 radical (unpaired) electrons. The molecule has 0 unspecified atom stereocenters. The monoisotopic (exact) mass is 330 g/mol. The Labute approximate surface area is 131 Å². The fourth-order valence-corrected chi connectivity index (χ4v) is 2.29. The van der Waals surface area contributed by atoms with E-state index in [2.05, 4.69) is 5.32 Å². The van der Waals surface area contributed by atoms with Crippen molar-refractivity contribution in [1.82, 2.24) is 0 Å². The first-order chi connectivity index (χ1) is 10.9. The second-order valence-corrected chi connectivity index (χ2v) is 5.03. The number of hydrogen-bond donors (Lipinski definition) is 5. The molecule has 5 atom stereocenters. The van der Waals surface area contributed by atoms with Crippen LogP contribution in [0.5, 0.6) is 5.75 Å². The normalized spacial score (nSPS) is 30.7. The highest BCUT2D eigenvalue weighted by Crippen LogP contribution is 2.31. The molecule has 0 aliphatic carbocycles. The van der Waals surface area contributed by atoms with Gasteiger partial charge >= 0.3 is 0 Å². The van der Waals surface area contributed by atoms with Crippen LogP contribution in [-0.4, -0.2) is 69.7 Å². The van der Waals surface area contributed by atoms with E-state index in [0.29, 0.717) is 0 Å². The summed E-state index contributed by atoms with van der Waals surface area (Å²) >= 11 is 0. The Kier molecular flexibility index (Phi) is 5.34. The average Bonchev–Trinajstić information content (AvgIpc) is 2.55. The van der Waals surface area contributed by atoms with Gasteiger partial charge < -0.3 is 35.2 Å². The number of nitro benzene ring substituents is 1. The summed E-state index contributed by atoms with van der Waals surface area (Å²) in [6.45, 7) is -0.589. The van der Waals surface area contributed by atoms with Gasteiger partial charge in [-0.25, -0.2) is 0 Å². The fraction of sp³-hybridized carbons (Fsp3) is 0.538. The molecular weight excluding hydrogens is 312 g/mol. The quantitative estimate of drug-likeness (QED) is 0.331. The largest absolute Gasteiger partial charge is 0.496 e. The van der Waals surface area contributed by atoms with Gasteiger partial charge in [0.1, 0.15) is 35.9 Å². The minimum absolute atomic E-state index is 0.0279. The number of methoxy groups -OCH3 is 1. The molecule has 1 heterocycles. The van der Waals surface area contributed by atoms with Crippen molar-refractivity contribution in [3.05, 3.63) is 28.3 Å². The summed E-state index contributed by atoms with van der Waals surface area (Å²) in [5.41, 5.74) is -0.290. The summed E-state index contributed by atoms with van der Waals surface area (Å²) in [7, 11) is 1.36. The van der Waals surface area contributed by atoms with E-state index in [0.717, 1.165) is 0 Å². The van der Waals surface area contributed by atoms with Crippen LogP contribution in [-0.2, 0) is 4.74 Å². The maximum Gasteiger partial charge on any atom is 0.296 e. The summed E-state index contributed by atoms with van der Waals surface area (Å²) in [6, 6.07) is 4.02. The van der Waals surface area contributed by atoms with Crippen LogP contribution in [0.1, 0.15) is 0 Å². The van der Waals surface area contributed by atoms with Crippen molar-refractivity contribution >= 4 is 11.4 Å².